The molecule has 2 heterocycles. The zero-order valence-corrected chi connectivity index (χ0v) is 14.6. The second-order valence-electron chi connectivity index (χ2n) is 7.25. The van der Waals surface area contributed by atoms with Crippen molar-refractivity contribution in [3.63, 3.8) is 0 Å². The summed E-state index contributed by atoms with van der Waals surface area (Å²) in [6.07, 6.45) is 4.88. The van der Waals surface area contributed by atoms with Crippen LogP contribution in [0.3, 0.4) is 0 Å². The van der Waals surface area contributed by atoms with Gasteiger partial charge in [-0.25, -0.2) is 0 Å². The minimum absolute atomic E-state index is 0.0475. The van der Waals surface area contributed by atoms with Crippen molar-refractivity contribution in [2.45, 2.75) is 51.6 Å². The van der Waals surface area contributed by atoms with Crippen LogP contribution in [0, 0.1) is 12.8 Å². The molecule has 1 atom stereocenters. The summed E-state index contributed by atoms with van der Waals surface area (Å²) in [5.41, 5.74) is 1.90. The van der Waals surface area contributed by atoms with Crippen molar-refractivity contribution in [3.05, 3.63) is 35.6 Å². The van der Waals surface area contributed by atoms with Gasteiger partial charge >= 0.3 is 0 Å². The zero-order chi connectivity index (χ0) is 17.4. The molecule has 25 heavy (non-hydrogen) atoms. The monoisotopic (exact) mass is 340 g/mol. The van der Waals surface area contributed by atoms with Crippen LogP contribution in [0.5, 0.6) is 0 Å². The Morgan fingerprint density at radius 3 is 2.80 bits per heavy atom. The minimum atomic E-state index is -0.238. The number of fused-ring (bicyclic) bond motifs is 1. The lowest BCUT2D eigenvalue weighted by Gasteiger charge is -2.23. The number of hydrogen-bond donors (Lipinski definition) is 1. The number of hydrogen-bond acceptors (Lipinski definition) is 3. The van der Waals surface area contributed by atoms with E-state index < -0.39 is 0 Å². The number of aryl methyl sites for hydroxylation is 1. The molecule has 1 aliphatic carbocycles. The number of para-hydroxylation sites is 1. The largest absolute Gasteiger partial charge is 0.459 e. The smallest absolute Gasteiger partial charge is 0.225 e. The predicted octanol–water partition coefficient (Wildman–Crippen LogP) is 3.15. The van der Waals surface area contributed by atoms with Gasteiger partial charge in [0.1, 0.15) is 11.3 Å². The lowest BCUT2D eigenvalue weighted by molar-refractivity contribution is -0.130. The molecule has 2 amide bonds. The van der Waals surface area contributed by atoms with Gasteiger partial charge in [-0.1, -0.05) is 31.0 Å². The SMILES string of the molecule is Cc1c(CNC(=O)[C@@H]2CC(=O)N(C3CCCC3)C2)oc2ccccc12. The van der Waals surface area contributed by atoms with Gasteiger partial charge in [0.2, 0.25) is 11.8 Å². The van der Waals surface area contributed by atoms with Crippen LogP contribution in [-0.2, 0) is 16.1 Å². The van der Waals surface area contributed by atoms with Crippen molar-refractivity contribution < 1.29 is 14.0 Å². The summed E-state index contributed by atoms with van der Waals surface area (Å²) in [6, 6.07) is 8.23. The highest BCUT2D eigenvalue weighted by Gasteiger charge is 2.38. The number of furan rings is 1. The molecular formula is C20H24N2O3. The summed E-state index contributed by atoms with van der Waals surface area (Å²) < 4.78 is 5.84. The number of benzene rings is 1. The Morgan fingerprint density at radius 2 is 2.04 bits per heavy atom. The second kappa shape index (κ2) is 6.54. The molecule has 0 bridgehead atoms. The summed E-state index contributed by atoms with van der Waals surface area (Å²) >= 11 is 0. The molecule has 0 unspecified atom stereocenters. The first kappa shape index (κ1) is 16.2. The number of nitrogens with zero attached hydrogens (tertiary/aromatic N) is 1. The van der Waals surface area contributed by atoms with Crippen LogP contribution in [0.2, 0.25) is 0 Å². The van der Waals surface area contributed by atoms with Crippen molar-refractivity contribution >= 4 is 22.8 Å². The number of carbonyl (C=O) groups is 2. The minimum Gasteiger partial charge on any atom is -0.459 e. The molecule has 2 fully saturated rings. The second-order valence-corrected chi connectivity index (χ2v) is 7.25. The number of nitrogens with one attached hydrogen (secondary N) is 1. The van der Waals surface area contributed by atoms with E-state index in [1.165, 1.54) is 12.8 Å². The molecule has 2 aliphatic rings. The summed E-state index contributed by atoms with van der Waals surface area (Å²) in [5.74, 6) is 0.630. The molecule has 1 saturated carbocycles. The third-order valence-electron chi connectivity index (χ3n) is 5.66. The molecule has 1 N–H and O–H groups in total. The number of carbonyl (C=O) groups excluding carboxylic acids is 2. The van der Waals surface area contributed by atoms with E-state index in [1.807, 2.05) is 36.1 Å². The van der Waals surface area contributed by atoms with E-state index in [1.54, 1.807) is 0 Å². The van der Waals surface area contributed by atoms with E-state index in [9.17, 15) is 9.59 Å². The van der Waals surface area contributed by atoms with Crippen molar-refractivity contribution in [1.29, 1.82) is 0 Å². The van der Waals surface area contributed by atoms with Crippen LogP contribution >= 0.6 is 0 Å². The Hall–Kier alpha value is -2.30. The van der Waals surface area contributed by atoms with Crippen molar-refractivity contribution in [2.75, 3.05) is 6.54 Å². The van der Waals surface area contributed by atoms with E-state index in [-0.39, 0.29) is 17.7 Å². The van der Waals surface area contributed by atoms with E-state index >= 15 is 0 Å². The van der Waals surface area contributed by atoms with Gasteiger partial charge in [-0.3, -0.25) is 9.59 Å². The van der Waals surface area contributed by atoms with Gasteiger partial charge < -0.3 is 14.6 Å². The highest BCUT2D eigenvalue weighted by molar-refractivity contribution is 5.89. The normalized spacial score (nSPS) is 21.4. The molecule has 2 aromatic rings. The van der Waals surface area contributed by atoms with E-state index in [0.717, 1.165) is 35.1 Å². The van der Waals surface area contributed by atoms with Crippen LogP contribution in [-0.4, -0.2) is 29.3 Å². The lowest BCUT2D eigenvalue weighted by Crippen LogP contribution is -2.36. The maximum atomic E-state index is 12.5. The highest BCUT2D eigenvalue weighted by Crippen LogP contribution is 2.30. The van der Waals surface area contributed by atoms with Gasteiger partial charge in [0.05, 0.1) is 12.5 Å². The molecule has 1 aromatic carbocycles. The molecule has 1 saturated heterocycles. The van der Waals surface area contributed by atoms with Gasteiger partial charge in [0, 0.05) is 30.0 Å². The maximum absolute atomic E-state index is 12.5. The summed E-state index contributed by atoms with van der Waals surface area (Å²) in [4.78, 5) is 26.7. The summed E-state index contributed by atoms with van der Waals surface area (Å²) in [6.45, 7) is 2.94. The summed E-state index contributed by atoms with van der Waals surface area (Å²) in [5, 5.41) is 4.04. The van der Waals surface area contributed by atoms with Crippen LogP contribution in [0.25, 0.3) is 11.0 Å². The third kappa shape index (κ3) is 3.03. The number of rotatable bonds is 4. The van der Waals surface area contributed by atoms with E-state index in [4.69, 9.17) is 4.42 Å². The average molecular weight is 340 g/mol. The van der Waals surface area contributed by atoms with Gasteiger partial charge in [-0.15, -0.1) is 0 Å². The Bertz CT molecular complexity index is 804. The lowest BCUT2D eigenvalue weighted by atomic mass is 10.1. The third-order valence-corrected chi connectivity index (χ3v) is 5.66. The van der Waals surface area contributed by atoms with Crippen molar-refractivity contribution in [1.82, 2.24) is 10.2 Å². The Kier molecular flexibility index (Phi) is 4.24. The van der Waals surface area contributed by atoms with E-state index in [2.05, 4.69) is 5.32 Å². The van der Waals surface area contributed by atoms with Gasteiger partial charge in [0.25, 0.3) is 0 Å². The summed E-state index contributed by atoms with van der Waals surface area (Å²) in [7, 11) is 0. The Balaban J connectivity index is 1.39. The Morgan fingerprint density at radius 1 is 1.28 bits per heavy atom. The topological polar surface area (TPSA) is 62.6 Å². The molecule has 1 aliphatic heterocycles. The molecule has 132 valence electrons. The first-order chi connectivity index (χ1) is 12.1. The van der Waals surface area contributed by atoms with Crippen LogP contribution in [0.1, 0.15) is 43.4 Å². The fourth-order valence-corrected chi connectivity index (χ4v) is 4.18. The van der Waals surface area contributed by atoms with Crippen molar-refractivity contribution in [2.24, 2.45) is 5.92 Å². The standard InChI is InChI=1S/C20H24N2O3/c1-13-16-8-4-5-9-17(16)25-18(13)11-21-20(24)14-10-19(23)22(12-14)15-6-2-3-7-15/h4-5,8-9,14-15H,2-3,6-7,10-12H2,1H3,(H,21,24)/t14-/m1/s1. The van der Waals surface area contributed by atoms with Gasteiger partial charge in [0.15, 0.2) is 0 Å². The molecule has 5 nitrogen and oxygen atoms in total. The molecule has 0 radical (unpaired) electrons. The fraction of sp³-hybridized carbons (Fsp3) is 0.500. The Labute approximate surface area is 147 Å². The molecule has 0 spiro atoms. The highest BCUT2D eigenvalue weighted by atomic mass is 16.3. The van der Waals surface area contributed by atoms with E-state index in [0.29, 0.717) is 25.6 Å². The van der Waals surface area contributed by atoms with Gasteiger partial charge in [-0.2, -0.15) is 0 Å². The fourth-order valence-electron chi connectivity index (χ4n) is 4.18. The number of amides is 2. The molecule has 4 rings (SSSR count). The van der Waals surface area contributed by atoms with Crippen LogP contribution < -0.4 is 5.32 Å². The first-order valence-electron chi connectivity index (χ1n) is 9.17. The first-order valence-corrected chi connectivity index (χ1v) is 9.17. The quantitative estimate of drug-likeness (QED) is 0.930. The molecule has 5 heteroatoms. The molecular weight excluding hydrogens is 316 g/mol. The predicted molar refractivity (Wildman–Crippen MR) is 94.9 cm³/mol. The van der Waals surface area contributed by atoms with Crippen LogP contribution in [0.15, 0.2) is 28.7 Å². The maximum Gasteiger partial charge on any atom is 0.225 e. The zero-order valence-electron chi connectivity index (χ0n) is 14.6. The number of likely N-dealkylation sites (tertiary alicyclic amines) is 1. The molecule has 1 aromatic heterocycles. The average Bonchev–Trinajstić information content (AvgIpc) is 3.33. The van der Waals surface area contributed by atoms with Crippen molar-refractivity contribution in [3.8, 4) is 0 Å². The van der Waals surface area contributed by atoms with Gasteiger partial charge in [-0.05, 0) is 25.8 Å². The van der Waals surface area contributed by atoms with Crippen LogP contribution in [0.4, 0.5) is 0 Å².